The van der Waals surface area contributed by atoms with Gasteiger partial charge in [0.2, 0.25) is 0 Å². The highest BCUT2D eigenvalue weighted by molar-refractivity contribution is 5.44. The lowest BCUT2D eigenvalue weighted by Gasteiger charge is -2.11. The maximum absolute atomic E-state index is 5.75. The fourth-order valence-corrected chi connectivity index (χ4v) is 1.64. The van der Waals surface area contributed by atoms with Gasteiger partial charge in [-0.25, -0.2) is 9.97 Å². The summed E-state index contributed by atoms with van der Waals surface area (Å²) in [6.45, 7) is 5.39. The van der Waals surface area contributed by atoms with Crippen LogP contribution in [0.25, 0.3) is 0 Å². The van der Waals surface area contributed by atoms with Crippen LogP contribution in [-0.2, 0) is 6.42 Å². The number of nitrogen functional groups attached to an aromatic ring is 1. The summed E-state index contributed by atoms with van der Waals surface area (Å²) in [6, 6.07) is 1.81. The van der Waals surface area contributed by atoms with E-state index in [1.165, 1.54) is 12.8 Å². The summed E-state index contributed by atoms with van der Waals surface area (Å²) in [4.78, 5) is 8.66. The van der Waals surface area contributed by atoms with E-state index in [0.29, 0.717) is 11.2 Å². The summed E-state index contributed by atoms with van der Waals surface area (Å²) in [5.74, 6) is 2.26. The number of hydrogen-bond acceptors (Lipinski definition) is 4. The van der Waals surface area contributed by atoms with Crippen molar-refractivity contribution in [3.63, 3.8) is 0 Å². The molecular weight excluding hydrogens is 200 g/mol. The summed E-state index contributed by atoms with van der Waals surface area (Å²) in [5.41, 5.74) is 6.23. The van der Waals surface area contributed by atoms with E-state index in [1.54, 1.807) is 0 Å². The molecule has 4 nitrogen and oxygen atoms in total. The van der Waals surface area contributed by atoms with E-state index in [9.17, 15) is 0 Å². The van der Waals surface area contributed by atoms with Crippen molar-refractivity contribution < 1.29 is 0 Å². The van der Waals surface area contributed by atoms with Gasteiger partial charge in [0.1, 0.15) is 17.5 Å². The average Bonchev–Trinajstić information content (AvgIpc) is 2.94. The maximum Gasteiger partial charge on any atom is 0.133 e. The van der Waals surface area contributed by atoms with Crippen molar-refractivity contribution in [1.29, 1.82) is 0 Å². The molecule has 88 valence electrons. The topological polar surface area (TPSA) is 63.8 Å². The molecule has 3 N–H and O–H groups in total. The van der Waals surface area contributed by atoms with Crippen molar-refractivity contribution in [3.05, 3.63) is 11.9 Å². The third kappa shape index (κ3) is 2.84. The first-order chi connectivity index (χ1) is 7.61. The molecule has 1 aromatic rings. The molecule has 2 rings (SSSR count). The zero-order valence-electron chi connectivity index (χ0n) is 10.1. The van der Waals surface area contributed by atoms with Crippen LogP contribution in [0.3, 0.4) is 0 Å². The molecule has 0 saturated heterocycles. The Kier molecular flexibility index (Phi) is 2.99. The molecule has 0 spiro atoms. The van der Waals surface area contributed by atoms with Crippen molar-refractivity contribution in [1.82, 2.24) is 9.97 Å². The van der Waals surface area contributed by atoms with Gasteiger partial charge in [-0.1, -0.05) is 13.8 Å². The number of rotatable bonds is 5. The van der Waals surface area contributed by atoms with Gasteiger partial charge < -0.3 is 11.1 Å². The minimum absolute atomic E-state index is 0.477. The van der Waals surface area contributed by atoms with Gasteiger partial charge in [-0.15, -0.1) is 0 Å². The molecule has 1 fully saturated rings. The molecule has 0 unspecified atom stereocenters. The normalized spacial score (nSPS) is 17.1. The van der Waals surface area contributed by atoms with Crippen molar-refractivity contribution in [2.75, 3.05) is 17.6 Å². The standard InChI is InChI=1S/C12H20N4/c1-3-4-10-15-9(13)7-11(16-10)14-8-12(2)5-6-12/h7H,3-6,8H2,1-2H3,(H3,13,14,15,16). The van der Waals surface area contributed by atoms with Gasteiger partial charge in [-0.2, -0.15) is 0 Å². The van der Waals surface area contributed by atoms with E-state index in [1.807, 2.05) is 6.07 Å². The lowest BCUT2D eigenvalue weighted by Crippen LogP contribution is -2.14. The Labute approximate surface area is 96.7 Å². The van der Waals surface area contributed by atoms with Crippen LogP contribution in [-0.4, -0.2) is 16.5 Å². The van der Waals surface area contributed by atoms with Crippen molar-refractivity contribution in [3.8, 4) is 0 Å². The molecule has 1 saturated carbocycles. The summed E-state index contributed by atoms with van der Waals surface area (Å²) >= 11 is 0. The summed E-state index contributed by atoms with van der Waals surface area (Å²) in [5, 5.41) is 3.36. The monoisotopic (exact) mass is 220 g/mol. The van der Waals surface area contributed by atoms with Crippen LogP contribution in [0.4, 0.5) is 11.6 Å². The number of aryl methyl sites for hydroxylation is 1. The van der Waals surface area contributed by atoms with E-state index in [4.69, 9.17) is 5.73 Å². The average molecular weight is 220 g/mol. The van der Waals surface area contributed by atoms with Crippen molar-refractivity contribution >= 4 is 11.6 Å². The van der Waals surface area contributed by atoms with Crippen LogP contribution in [0.15, 0.2) is 6.07 Å². The van der Waals surface area contributed by atoms with Crippen LogP contribution in [0.2, 0.25) is 0 Å². The number of nitrogens with zero attached hydrogens (tertiary/aromatic N) is 2. The Morgan fingerprint density at radius 3 is 2.81 bits per heavy atom. The molecule has 1 heterocycles. The molecule has 0 radical (unpaired) electrons. The highest BCUT2D eigenvalue weighted by Gasteiger charge is 2.36. The lowest BCUT2D eigenvalue weighted by atomic mass is 10.1. The third-order valence-corrected chi connectivity index (χ3v) is 3.07. The second kappa shape index (κ2) is 4.28. The molecule has 16 heavy (non-hydrogen) atoms. The molecule has 1 aliphatic carbocycles. The number of anilines is 2. The van der Waals surface area contributed by atoms with Gasteiger partial charge in [0.05, 0.1) is 0 Å². The van der Waals surface area contributed by atoms with Gasteiger partial charge in [0, 0.05) is 19.0 Å². The molecular formula is C12H20N4. The Hall–Kier alpha value is -1.32. The van der Waals surface area contributed by atoms with E-state index < -0.39 is 0 Å². The summed E-state index contributed by atoms with van der Waals surface area (Å²) in [7, 11) is 0. The van der Waals surface area contributed by atoms with Gasteiger partial charge in [0.15, 0.2) is 0 Å². The van der Waals surface area contributed by atoms with Crippen LogP contribution >= 0.6 is 0 Å². The van der Waals surface area contributed by atoms with Gasteiger partial charge >= 0.3 is 0 Å². The zero-order chi connectivity index (χ0) is 11.6. The van der Waals surface area contributed by atoms with Crippen LogP contribution in [0.5, 0.6) is 0 Å². The predicted molar refractivity (Wildman–Crippen MR) is 66.3 cm³/mol. The number of nitrogens with one attached hydrogen (secondary N) is 1. The molecule has 1 aliphatic rings. The highest BCUT2D eigenvalue weighted by atomic mass is 15.1. The summed E-state index contributed by atoms with van der Waals surface area (Å²) < 4.78 is 0. The minimum Gasteiger partial charge on any atom is -0.384 e. The Bertz CT molecular complexity index is 371. The number of nitrogens with two attached hydrogens (primary N) is 1. The summed E-state index contributed by atoms with van der Waals surface area (Å²) in [6.07, 6.45) is 4.54. The second-order valence-electron chi connectivity index (χ2n) is 5.01. The van der Waals surface area contributed by atoms with Crippen LogP contribution in [0, 0.1) is 5.41 Å². The quantitative estimate of drug-likeness (QED) is 0.798. The molecule has 1 aromatic heterocycles. The lowest BCUT2D eigenvalue weighted by molar-refractivity contribution is 0.609. The molecule has 0 atom stereocenters. The fraction of sp³-hybridized carbons (Fsp3) is 0.667. The smallest absolute Gasteiger partial charge is 0.133 e. The fourth-order valence-electron chi connectivity index (χ4n) is 1.64. The van der Waals surface area contributed by atoms with Crippen molar-refractivity contribution in [2.24, 2.45) is 5.41 Å². The molecule has 0 amide bonds. The largest absolute Gasteiger partial charge is 0.384 e. The Balaban J connectivity index is 2.01. The van der Waals surface area contributed by atoms with Gasteiger partial charge in [-0.05, 0) is 24.7 Å². The predicted octanol–water partition coefficient (Wildman–Crippen LogP) is 2.22. The van der Waals surface area contributed by atoms with Crippen LogP contribution in [0.1, 0.15) is 38.9 Å². The van der Waals surface area contributed by atoms with Crippen molar-refractivity contribution in [2.45, 2.75) is 39.5 Å². The second-order valence-corrected chi connectivity index (χ2v) is 5.01. The van der Waals surface area contributed by atoms with Gasteiger partial charge in [-0.3, -0.25) is 0 Å². The number of hydrogen-bond donors (Lipinski definition) is 2. The third-order valence-electron chi connectivity index (χ3n) is 3.07. The minimum atomic E-state index is 0.477. The SMILES string of the molecule is CCCc1nc(N)cc(NCC2(C)CC2)n1. The van der Waals surface area contributed by atoms with E-state index >= 15 is 0 Å². The first-order valence-electron chi connectivity index (χ1n) is 5.99. The zero-order valence-corrected chi connectivity index (χ0v) is 10.1. The molecule has 0 bridgehead atoms. The van der Waals surface area contributed by atoms with E-state index in [2.05, 4.69) is 29.1 Å². The first kappa shape index (κ1) is 11.2. The number of aromatic nitrogens is 2. The Morgan fingerprint density at radius 1 is 1.44 bits per heavy atom. The van der Waals surface area contributed by atoms with Gasteiger partial charge in [0.25, 0.3) is 0 Å². The molecule has 0 aromatic carbocycles. The van der Waals surface area contributed by atoms with Crippen LogP contribution < -0.4 is 11.1 Å². The Morgan fingerprint density at radius 2 is 2.19 bits per heavy atom. The van der Waals surface area contributed by atoms with E-state index in [0.717, 1.165) is 31.0 Å². The molecule has 0 aliphatic heterocycles. The highest BCUT2D eigenvalue weighted by Crippen LogP contribution is 2.44. The molecule has 4 heteroatoms. The van der Waals surface area contributed by atoms with E-state index in [-0.39, 0.29) is 0 Å². The first-order valence-corrected chi connectivity index (χ1v) is 5.99. The maximum atomic E-state index is 5.75.